The van der Waals surface area contributed by atoms with Crippen molar-refractivity contribution in [3.63, 3.8) is 0 Å². The van der Waals surface area contributed by atoms with E-state index in [0.29, 0.717) is 5.56 Å². The van der Waals surface area contributed by atoms with Crippen LogP contribution in [0, 0.1) is 0 Å². The molecule has 0 radical (unpaired) electrons. The Morgan fingerprint density at radius 1 is 1.24 bits per heavy atom. The summed E-state index contributed by atoms with van der Waals surface area (Å²) in [6.07, 6.45) is -2.12. The van der Waals surface area contributed by atoms with Gasteiger partial charge in [-0.2, -0.15) is 5.10 Å². The first-order chi connectivity index (χ1) is 9.90. The van der Waals surface area contributed by atoms with E-state index in [1.54, 1.807) is 16.9 Å². The number of alkyl halides is 3. The van der Waals surface area contributed by atoms with Gasteiger partial charge in [-0.05, 0) is 30.2 Å². The lowest BCUT2D eigenvalue weighted by Crippen LogP contribution is -2.18. The van der Waals surface area contributed by atoms with Gasteiger partial charge in [-0.15, -0.1) is 13.2 Å². The fourth-order valence-electron chi connectivity index (χ4n) is 2.05. The number of hydrogen-bond acceptors (Lipinski definition) is 3. The highest BCUT2D eigenvalue weighted by Gasteiger charge is 2.31. The van der Waals surface area contributed by atoms with Crippen LogP contribution in [-0.2, 0) is 6.54 Å². The predicted octanol–water partition coefficient (Wildman–Crippen LogP) is 3.24. The van der Waals surface area contributed by atoms with Crippen LogP contribution in [0.3, 0.4) is 0 Å². The van der Waals surface area contributed by atoms with E-state index in [1.165, 1.54) is 24.3 Å². The zero-order chi connectivity index (χ0) is 15.5. The maximum atomic E-state index is 12.1. The van der Waals surface area contributed by atoms with Crippen molar-refractivity contribution in [1.29, 1.82) is 0 Å². The Kier molecular flexibility index (Phi) is 4.52. The van der Waals surface area contributed by atoms with E-state index in [-0.39, 0.29) is 5.75 Å². The topological polar surface area (TPSA) is 53.1 Å². The molecule has 0 fully saturated rings. The van der Waals surface area contributed by atoms with Gasteiger partial charge in [-0.25, -0.2) is 0 Å². The Morgan fingerprint density at radius 2 is 1.90 bits per heavy atom. The molecule has 1 unspecified atom stereocenters. The van der Waals surface area contributed by atoms with Gasteiger partial charge in [0, 0.05) is 12.7 Å². The van der Waals surface area contributed by atoms with E-state index in [9.17, 15) is 13.2 Å². The molecule has 2 aromatic rings. The van der Waals surface area contributed by atoms with Crippen LogP contribution in [0.5, 0.6) is 5.75 Å². The van der Waals surface area contributed by atoms with Gasteiger partial charge in [-0.1, -0.05) is 19.1 Å². The lowest BCUT2D eigenvalue weighted by molar-refractivity contribution is -0.274. The first-order valence-corrected chi connectivity index (χ1v) is 6.53. The van der Waals surface area contributed by atoms with Crippen LogP contribution in [0.4, 0.5) is 13.2 Å². The summed E-state index contributed by atoms with van der Waals surface area (Å²) in [6.45, 7) is 2.77. The van der Waals surface area contributed by atoms with Gasteiger partial charge < -0.3 is 10.5 Å². The van der Waals surface area contributed by atoms with E-state index in [1.807, 2.05) is 6.92 Å². The van der Waals surface area contributed by atoms with Crippen LogP contribution in [0.2, 0.25) is 0 Å². The van der Waals surface area contributed by atoms with E-state index in [2.05, 4.69) is 9.84 Å². The molecule has 0 amide bonds. The zero-order valence-electron chi connectivity index (χ0n) is 11.5. The third-order valence-electron chi connectivity index (χ3n) is 2.98. The third-order valence-corrected chi connectivity index (χ3v) is 2.98. The highest BCUT2D eigenvalue weighted by molar-refractivity contribution is 5.33. The van der Waals surface area contributed by atoms with E-state index < -0.39 is 12.4 Å². The van der Waals surface area contributed by atoms with Gasteiger partial charge >= 0.3 is 6.36 Å². The average Bonchev–Trinajstić information content (AvgIpc) is 2.86. The maximum absolute atomic E-state index is 12.1. The molecule has 0 saturated heterocycles. The predicted molar refractivity (Wildman–Crippen MR) is 71.7 cm³/mol. The molecule has 0 aliphatic carbocycles. The van der Waals surface area contributed by atoms with Gasteiger partial charge in [0.2, 0.25) is 0 Å². The number of halogens is 3. The quantitative estimate of drug-likeness (QED) is 0.922. The molecule has 4 nitrogen and oxygen atoms in total. The summed E-state index contributed by atoms with van der Waals surface area (Å²) in [6, 6.07) is 6.91. The number of nitrogens with zero attached hydrogens (tertiary/aromatic N) is 2. The normalized spacial score (nSPS) is 13.2. The van der Waals surface area contributed by atoms with Gasteiger partial charge in [0.15, 0.2) is 0 Å². The second-order valence-electron chi connectivity index (χ2n) is 4.57. The molecular weight excluding hydrogens is 283 g/mol. The van der Waals surface area contributed by atoms with Crippen molar-refractivity contribution in [3.8, 4) is 5.75 Å². The summed E-state index contributed by atoms with van der Waals surface area (Å²) in [5.41, 5.74) is 7.66. The molecule has 2 N–H and O–H groups in total. The summed E-state index contributed by atoms with van der Waals surface area (Å²) < 4.78 is 41.9. The standard InChI is InChI=1S/C14H16F3N3O/c1-2-9-20-12(7-8-19-20)13(18)10-3-5-11(6-4-10)21-14(15,16)17/h3-8,13H,2,9,18H2,1H3. The highest BCUT2D eigenvalue weighted by Crippen LogP contribution is 2.26. The molecule has 0 bridgehead atoms. The molecule has 114 valence electrons. The molecule has 0 saturated carbocycles. The second-order valence-corrected chi connectivity index (χ2v) is 4.57. The van der Waals surface area contributed by atoms with E-state index >= 15 is 0 Å². The van der Waals surface area contributed by atoms with Crippen molar-refractivity contribution in [2.75, 3.05) is 0 Å². The van der Waals surface area contributed by atoms with Gasteiger partial charge in [0.05, 0.1) is 11.7 Å². The average molecular weight is 299 g/mol. The van der Waals surface area contributed by atoms with Crippen LogP contribution in [0.25, 0.3) is 0 Å². The SMILES string of the molecule is CCCn1nccc1C(N)c1ccc(OC(F)(F)F)cc1. The Labute approximate surface area is 120 Å². The first-order valence-electron chi connectivity index (χ1n) is 6.53. The fraction of sp³-hybridized carbons (Fsp3) is 0.357. The molecular formula is C14H16F3N3O. The molecule has 1 aromatic carbocycles. The number of nitrogens with two attached hydrogens (primary N) is 1. The Balaban J connectivity index is 2.16. The van der Waals surface area contributed by atoms with Gasteiger partial charge in [0.1, 0.15) is 5.75 Å². The number of aryl methyl sites for hydroxylation is 1. The van der Waals surface area contributed by atoms with Gasteiger partial charge in [0.25, 0.3) is 0 Å². The molecule has 1 heterocycles. The molecule has 0 spiro atoms. The fourth-order valence-corrected chi connectivity index (χ4v) is 2.05. The van der Waals surface area contributed by atoms with Crippen LogP contribution in [-0.4, -0.2) is 16.1 Å². The largest absolute Gasteiger partial charge is 0.573 e. The summed E-state index contributed by atoms with van der Waals surface area (Å²) in [5.74, 6) is -0.263. The van der Waals surface area contributed by atoms with Crippen LogP contribution < -0.4 is 10.5 Å². The third kappa shape index (κ3) is 3.98. The van der Waals surface area contributed by atoms with Crippen molar-refractivity contribution in [2.45, 2.75) is 32.3 Å². The van der Waals surface area contributed by atoms with Crippen molar-refractivity contribution < 1.29 is 17.9 Å². The summed E-state index contributed by atoms with van der Waals surface area (Å²) in [7, 11) is 0. The Morgan fingerprint density at radius 3 is 2.48 bits per heavy atom. The summed E-state index contributed by atoms with van der Waals surface area (Å²) in [4.78, 5) is 0. The lowest BCUT2D eigenvalue weighted by atomic mass is 10.0. The number of benzene rings is 1. The molecule has 2 rings (SSSR count). The van der Waals surface area contributed by atoms with Crippen LogP contribution in [0.1, 0.15) is 30.6 Å². The smallest absolute Gasteiger partial charge is 0.406 e. The molecule has 0 aliphatic heterocycles. The minimum atomic E-state index is -4.69. The van der Waals surface area contributed by atoms with Crippen LogP contribution >= 0.6 is 0 Å². The van der Waals surface area contributed by atoms with E-state index in [4.69, 9.17) is 5.73 Å². The minimum Gasteiger partial charge on any atom is -0.406 e. The number of rotatable bonds is 5. The lowest BCUT2D eigenvalue weighted by Gasteiger charge is -2.15. The number of aromatic nitrogens is 2. The molecule has 0 aliphatic rings. The second kappa shape index (κ2) is 6.17. The Hall–Kier alpha value is -2.02. The van der Waals surface area contributed by atoms with Crippen molar-refractivity contribution in [1.82, 2.24) is 9.78 Å². The first kappa shape index (κ1) is 15.4. The number of ether oxygens (including phenoxy) is 1. The van der Waals surface area contributed by atoms with E-state index in [0.717, 1.165) is 18.7 Å². The van der Waals surface area contributed by atoms with Crippen molar-refractivity contribution >= 4 is 0 Å². The van der Waals surface area contributed by atoms with Crippen molar-refractivity contribution in [2.24, 2.45) is 5.73 Å². The molecule has 21 heavy (non-hydrogen) atoms. The van der Waals surface area contributed by atoms with Crippen molar-refractivity contribution in [3.05, 3.63) is 47.8 Å². The number of hydrogen-bond donors (Lipinski definition) is 1. The molecule has 7 heteroatoms. The van der Waals surface area contributed by atoms with Gasteiger partial charge in [-0.3, -0.25) is 4.68 Å². The molecule has 1 atom stereocenters. The monoisotopic (exact) mass is 299 g/mol. The van der Waals surface area contributed by atoms with Crippen LogP contribution in [0.15, 0.2) is 36.5 Å². The maximum Gasteiger partial charge on any atom is 0.573 e. The Bertz CT molecular complexity index is 578. The highest BCUT2D eigenvalue weighted by atomic mass is 19.4. The summed E-state index contributed by atoms with van der Waals surface area (Å²) in [5, 5.41) is 4.18. The molecule has 1 aromatic heterocycles. The zero-order valence-corrected chi connectivity index (χ0v) is 11.5. The summed E-state index contributed by atoms with van der Waals surface area (Å²) >= 11 is 0. The minimum absolute atomic E-state index is 0.263.